The molecular weight excluding hydrogens is 514 g/mol. The van der Waals surface area contributed by atoms with Gasteiger partial charge in [0.25, 0.3) is 5.91 Å². The molecule has 5 heterocycles. The van der Waals surface area contributed by atoms with E-state index in [2.05, 4.69) is 20.3 Å². The number of hydrogen-bond acceptors (Lipinski definition) is 10. The summed E-state index contributed by atoms with van der Waals surface area (Å²) in [7, 11) is 1.43. The van der Waals surface area contributed by atoms with Crippen molar-refractivity contribution < 1.29 is 23.8 Å². The Balaban J connectivity index is 1.20. The summed E-state index contributed by atoms with van der Waals surface area (Å²) in [6.45, 7) is 3.10. The molecule has 0 radical (unpaired) electrons. The second-order valence-electron chi connectivity index (χ2n) is 10.2. The van der Waals surface area contributed by atoms with Crippen LogP contribution in [0.1, 0.15) is 34.7 Å². The number of aromatic nitrogens is 5. The molecule has 4 aromatic rings. The van der Waals surface area contributed by atoms with Gasteiger partial charge in [-0.25, -0.2) is 0 Å². The Labute approximate surface area is 229 Å². The molecule has 0 atom stereocenters. The molecule has 2 N–H and O–H groups in total. The maximum atomic E-state index is 13.0. The average Bonchev–Trinajstić information content (AvgIpc) is 3.39. The first-order valence-electron chi connectivity index (χ1n) is 13.0. The number of pyridine rings is 1. The molecule has 0 aliphatic carbocycles. The van der Waals surface area contributed by atoms with Gasteiger partial charge in [0.15, 0.2) is 11.4 Å². The van der Waals surface area contributed by atoms with Crippen molar-refractivity contribution in [3.63, 3.8) is 0 Å². The number of rotatable bonds is 8. The van der Waals surface area contributed by atoms with Crippen molar-refractivity contribution in [1.82, 2.24) is 29.7 Å². The Hall–Kier alpha value is -4.42. The van der Waals surface area contributed by atoms with Gasteiger partial charge < -0.3 is 24.8 Å². The van der Waals surface area contributed by atoms with Gasteiger partial charge in [0.1, 0.15) is 13.2 Å². The normalized spacial score (nSPS) is 16.8. The van der Waals surface area contributed by atoms with Crippen molar-refractivity contribution in [3.05, 3.63) is 65.8 Å². The summed E-state index contributed by atoms with van der Waals surface area (Å²) in [5, 5.41) is 14.5. The monoisotopic (exact) mass is 543 g/mol. The van der Waals surface area contributed by atoms with E-state index in [1.165, 1.54) is 17.7 Å². The van der Waals surface area contributed by atoms with Crippen molar-refractivity contribution in [3.8, 4) is 5.88 Å². The van der Waals surface area contributed by atoms with Crippen LogP contribution >= 0.6 is 0 Å². The second-order valence-corrected chi connectivity index (χ2v) is 10.2. The number of ether oxygens (including phenoxy) is 3. The van der Waals surface area contributed by atoms with Gasteiger partial charge in [-0.2, -0.15) is 4.52 Å². The topological polar surface area (TPSA) is 147 Å². The zero-order valence-electron chi connectivity index (χ0n) is 22.1. The van der Waals surface area contributed by atoms with Crippen molar-refractivity contribution in [2.45, 2.75) is 19.4 Å². The molecule has 2 aliphatic heterocycles. The lowest BCUT2D eigenvalue weighted by Gasteiger charge is -2.47. The molecule has 12 heteroatoms. The summed E-state index contributed by atoms with van der Waals surface area (Å²) in [5.41, 5.74) is 8.19. The zero-order valence-corrected chi connectivity index (χ0v) is 22.1. The molecule has 2 aliphatic rings. The predicted octanol–water partition coefficient (Wildman–Crippen LogP) is 2.02. The number of nitrogens with zero attached hydrogens (tertiary/aromatic N) is 6. The third-order valence-electron chi connectivity index (χ3n) is 7.45. The predicted molar refractivity (Wildman–Crippen MR) is 144 cm³/mol. The van der Waals surface area contributed by atoms with Crippen LogP contribution in [-0.2, 0) is 20.9 Å². The fraction of sp³-hybridized carbons (Fsp3) is 0.357. The van der Waals surface area contributed by atoms with E-state index >= 15 is 0 Å². The number of methoxy groups -OCH3 is 1. The van der Waals surface area contributed by atoms with Crippen molar-refractivity contribution in [2.24, 2.45) is 11.1 Å². The Morgan fingerprint density at radius 3 is 2.55 bits per heavy atom. The molecule has 40 heavy (non-hydrogen) atoms. The maximum Gasteiger partial charge on any atom is 0.255 e. The number of benzene rings is 1. The first-order chi connectivity index (χ1) is 19.5. The van der Waals surface area contributed by atoms with E-state index in [0.29, 0.717) is 22.8 Å². The number of fused-ring (bicyclic) bond motifs is 3. The Morgan fingerprint density at radius 2 is 1.88 bits per heavy atom. The van der Waals surface area contributed by atoms with E-state index in [1.54, 1.807) is 18.3 Å². The van der Waals surface area contributed by atoms with Gasteiger partial charge in [0, 0.05) is 48.7 Å². The number of amides is 1. The summed E-state index contributed by atoms with van der Waals surface area (Å²) in [6.07, 6.45) is 4.78. The first-order valence-corrected chi connectivity index (χ1v) is 13.0. The van der Waals surface area contributed by atoms with Crippen LogP contribution in [0, 0.1) is 5.41 Å². The van der Waals surface area contributed by atoms with Crippen LogP contribution in [-0.4, -0.2) is 81.4 Å². The SMILES string of the molecule is COCC(=O)C=C(N)c1nnc2c3ccccc3c(OCc3ccc(C(=O)N4CCC5(CC4)COC5)cn3)nn12. The minimum absolute atomic E-state index is 0.0112. The largest absolute Gasteiger partial charge is 0.470 e. The number of carbonyl (C=O) groups excluding carboxylic acids is 2. The molecule has 1 spiro atoms. The molecule has 2 fully saturated rings. The molecule has 12 nitrogen and oxygen atoms in total. The van der Waals surface area contributed by atoms with E-state index in [4.69, 9.17) is 19.9 Å². The molecule has 6 rings (SSSR count). The molecule has 1 amide bonds. The zero-order chi connectivity index (χ0) is 27.7. The van der Waals surface area contributed by atoms with Crippen molar-refractivity contribution in [2.75, 3.05) is 40.0 Å². The minimum atomic E-state index is -0.306. The highest BCUT2D eigenvalue weighted by molar-refractivity contribution is 5.98. The van der Waals surface area contributed by atoms with E-state index in [1.807, 2.05) is 29.2 Å². The van der Waals surface area contributed by atoms with Crippen molar-refractivity contribution in [1.29, 1.82) is 0 Å². The van der Waals surface area contributed by atoms with Gasteiger partial charge in [0.05, 0.1) is 30.2 Å². The summed E-state index contributed by atoms with van der Waals surface area (Å²) in [5.74, 6) is 0.218. The number of ketones is 1. The van der Waals surface area contributed by atoms with Crippen LogP contribution in [0.15, 0.2) is 48.7 Å². The van der Waals surface area contributed by atoms with Crippen LogP contribution in [0.25, 0.3) is 22.1 Å². The molecule has 2 saturated heterocycles. The Bertz CT molecular complexity index is 1600. The average molecular weight is 544 g/mol. The third kappa shape index (κ3) is 4.87. The lowest BCUT2D eigenvalue weighted by molar-refractivity contribution is -0.136. The molecule has 0 bridgehead atoms. The van der Waals surface area contributed by atoms with Crippen molar-refractivity contribution >= 4 is 33.8 Å². The highest BCUT2D eigenvalue weighted by atomic mass is 16.5. The third-order valence-corrected chi connectivity index (χ3v) is 7.45. The fourth-order valence-electron chi connectivity index (χ4n) is 5.09. The summed E-state index contributed by atoms with van der Waals surface area (Å²) >= 11 is 0. The highest BCUT2D eigenvalue weighted by Crippen LogP contribution is 2.38. The Morgan fingerprint density at radius 1 is 1.10 bits per heavy atom. The number of carbonyl (C=O) groups is 2. The summed E-state index contributed by atoms with van der Waals surface area (Å²) < 4.78 is 17.8. The summed E-state index contributed by atoms with van der Waals surface area (Å²) in [6, 6.07) is 11.1. The lowest BCUT2D eigenvalue weighted by atomic mass is 9.77. The fourth-order valence-corrected chi connectivity index (χ4v) is 5.09. The quantitative estimate of drug-likeness (QED) is 0.327. The lowest BCUT2D eigenvalue weighted by Crippen LogP contribution is -2.52. The number of nitrogens with two attached hydrogens (primary N) is 1. The summed E-state index contributed by atoms with van der Waals surface area (Å²) in [4.78, 5) is 31.4. The van der Waals surface area contributed by atoms with E-state index in [0.717, 1.165) is 49.9 Å². The van der Waals surface area contributed by atoms with Gasteiger partial charge in [-0.05, 0) is 31.0 Å². The molecule has 3 aromatic heterocycles. The number of hydrogen-bond donors (Lipinski definition) is 1. The highest BCUT2D eigenvalue weighted by Gasteiger charge is 2.42. The Kier molecular flexibility index (Phi) is 6.86. The van der Waals surface area contributed by atoms with Gasteiger partial charge in [0.2, 0.25) is 11.7 Å². The van der Waals surface area contributed by atoms with Gasteiger partial charge in [-0.3, -0.25) is 14.6 Å². The second kappa shape index (κ2) is 10.6. The van der Waals surface area contributed by atoms with Crippen LogP contribution in [0.5, 0.6) is 5.88 Å². The molecule has 206 valence electrons. The van der Waals surface area contributed by atoms with Crippen LogP contribution in [0.2, 0.25) is 0 Å². The van der Waals surface area contributed by atoms with Gasteiger partial charge in [-0.15, -0.1) is 15.3 Å². The van der Waals surface area contributed by atoms with Gasteiger partial charge in [-0.1, -0.05) is 18.2 Å². The maximum absolute atomic E-state index is 13.0. The van der Waals surface area contributed by atoms with Crippen LogP contribution in [0.4, 0.5) is 0 Å². The molecule has 1 aromatic carbocycles. The van der Waals surface area contributed by atoms with Gasteiger partial charge >= 0.3 is 0 Å². The smallest absolute Gasteiger partial charge is 0.255 e. The van der Waals surface area contributed by atoms with E-state index < -0.39 is 0 Å². The number of piperidine rings is 1. The van der Waals surface area contributed by atoms with E-state index in [9.17, 15) is 9.59 Å². The molecule has 0 unspecified atom stereocenters. The molecular formula is C28H29N7O5. The standard InChI is InChI=1S/C28H29N7O5/c1-38-15-20(36)12-23(29)25-32-31-24-21-4-2-3-5-22(21)26(33-35(24)25)40-14-19-7-6-18(13-30-19)27(37)34-10-8-28(9-11-34)16-39-17-28/h2-7,12-13H,8-11,14-17,29H2,1H3. The van der Waals surface area contributed by atoms with Crippen LogP contribution in [0.3, 0.4) is 0 Å². The number of likely N-dealkylation sites (tertiary alicyclic amines) is 1. The van der Waals surface area contributed by atoms with Crippen LogP contribution < -0.4 is 10.5 Å². The molecule has 0 saturated carbocycles. The first kappa shape index (κ1) is 25.8. The van der Waals surface area contributed by atoms with E-state index in [-0.39, 0.29) is 41.8 Å². The minimum Gasteiger partial charge on any atom is -0.470 e.